The Kier molecular flexibility index (Phi) is 3.99. The van der Waals surface area contributed by atoms with Crippen molar-refractivity contribution in [3.63, 3.8) is 0 Å². The Morgan fingerprint density at radius 1 is 1.28 bits per heavy atom. The van der Waals surface area contributed by atoms with Crippen LogP contribution in [0.25, 0.3) is 10.9 Å². The number of nitrogens with zero attached hydrogens (tertiary/aromatic N) is 5. The Morgan fingerprint density at radius 3 is 2.88 bits per heavy atom. The van der Waals surface area contributed by atoms with E-state index in [0.717, 1.165) is 22.0 Å². The van der Waals surface area contributed by atoms with Crippen molar-refractivity contribution < 1.29 is 4.57 Å². The number of thiazole rings is 1. The molecule has 1 aromatic carbocycles. The predicted octanol–water partition coefficient (Wildman–Crippen LogP) is 2.40. The molecule has 6 nitrogen and oxygen atoms in total. The standard InChI is InChI=1S/C18H17N6S/c1-23-8-6-16-15(12-23)10-21-24(16)11-13-2-4-14(5-3-13)17(19)22-18-20-7-9-25-18/h2-10,12H,11H2,1H3,(H2,19,20,22)/q+1. The van der Waals surface area contributed by atoms with Gasteiger partial charge in [-0.25, -0.2) is 14.5 Å². The van der Waals surface area contributed by atoms with Gasteiger partial charge in [-0.05, 0) is 5.56 Å². The SMILES string of the molecule is C[n+]1ccc2c(cnn2Cc2ccc(C(N)=Nc3nccs3)cc2)c1. The zero-order chi connectivity index (χ0) is 17.2. The molecular formula is C18H17N6S+. The lowest BCUT2D eigenvalue weighted by atomic mass is 10.1. The summed E-state index contributed by atoms with van der Waals surface area (Å²) in [5, 5.41) is 8.16. The number of fused-ring (bicyclic) bond motifs is 1. The summed E-state index contributed by atoms with van der Waals surface area (Å²) in [6, 6.07) is 10.1. The molecule has 124 valence electrons. The number of amidine groups is 1. The van der Waals surface area contributed by atoms with Gasteiger partial charge >= 0.3 is 0 Å². The minimum Gasteiger partial charge on any atom is -0.383 e. The van der Waals surface area contributed by atoms with Crippen LogP contribution in [0.1, 0.15) is 11.1 Å². The highest BCUT2D eigenvalue weighted by atomic mass is 32.1. The zero-order valence-corrected chi connectivity index (χ0v) is 14.5. The minimum absolute atomic E-state index is 0.471. The fourth-order valence-corrected chi connectivity index (χ4v) is 3.18. The number of pyridine rings is 1. The topological polar surface area (TPSA) is 73.0 Å². The van der Waals surface area contributed by atoms with E-state index < -0.39 is 0 Å². The number of aromatic nitrogens is 4. The van der Waals surface area contributed by atoms with Crippen LogP contribution in [0.2, 0.25) is 0 Å². The second kappa shape index (κ2) is 6.45. The third-order valence-corrected chi connectivity index (χ3v) is 4.60. The summed E-state index contributed by atoms with van der Waals surface area (Å²) in [4.78, 5) is 8.45. The van der Waals surface area contributed by atoms with Gasteiger partial charge < -0.3 is 5.73 Å². The van der Waals surface area contributed by atoms with Gasteiger partial charge in [-0.1, -0.05) is 24.3 Å². The highest BCUT2D eigenvalue weighted by molar-refractivity contribution is 7.13. The van der Waals surface area contributed by atoms with E-state index in [4.69, 9.17) is 5.73 Å². The van der Waals surface area contributed by atoms with Gasteiger partial charge in [-0.15, -0.1) is 11.3 Å². The van der Waals surface area contributed by atoms with E-state index in [1.807, 2.05) is 46.2 Å². The molecule has 3 aromatic heterocycles. The molecule has 3 heterocycles. The molecule has 0 aliphatic carbocycles. The summed E-state index contributed by atoms with van der Waals surface area (Å²) in [5.41, 5.74) is 9.22. The quantitative estimate of drug-likeness (QED) is 0.349. The average Bonchev–Trinajstić information content (AvgIpc) is 3.25. The minimum atomic E-state index is 0.471. The van der Waals surface area contributed by atoms with Crippen molar-refractivity contribution in [1.82, 2.24) is 14.8 Å². The molecule has 25 heavy (non-hydrogen) atoms. The second-order valence-electron chi connectivity index (χ2n) is 5.76. The lowest BCUT2D eigenvalue weighted by Gasteiger charge is -2.05. The van der Waals surface area contributed by atoms with Crippen molar-refractivity contribution in [1.29, 1.82) is 0 Å². The van der Waals surface area contributed by atoms with Crippen LogP contribution >= 0.6 is 11.3 Å². The lowest BCUT2D eigenvalue weighted by Crippen LogP contribution is -2.25. The largest absolute Gasteiger partial charge is 0.383 e. The number of aryl methyl sites for hydroxylation is 1. The molecule has 7 heteroatoms. The maximum atomic E-state index is 6.06. The number of rotatable bonds is 4. The van der Waals surface area contributed by atoms with Gasteiger partial charge in [0, 0.05) is 23.2 Å². The van der Waals surface area contributed by atoms with Gasteiger partial charge in [0.1, 0.15) is 12.9 Å². The fraction of sp³-hybridized carbons (Fsp3) is 0.111. The van der Waals surface area contributed by atoms with Crippen LogP contribution in [0.15, 0.2) is 65.5 Å². The van der Waals surface area contributed by atoms with Crippen LogP contribution in [0.3, 0.4) is 0 Å². The molecule has 0 unspecified atom stereocenters. The molecule has 0 spiro atoms. The third kappa shape index (κ3) is 3.27. The average molecular weight is 349 g/mol. The fourth-order valence-electron chi connectivity index (χ4n) is 2.66. The molecule has 4 rings (SSSR count). The van der Waals surface area contributed by atoms with E-state index in [9.17, 15) is 0 Å². The Morgan fingerprint density at radius 2 is 2.12 bits per heavy atom. The molecule has 0 fully saturated rings. The van der Waals surface area contributed by atoms with Gasteiger partial charge in [0.2, 0.25) is 5.13 Å². The van der Waals surface area contributed by atoms with Crippen LogP contribution in [-0.4, -0.2) is 20.6 Å². The summed E-state index contributed by atoms with van der Waals surface area (Å²) in [7, 11) is 2.01. The number of nitrogens with two attached hydrogens (primary N) is 1. The Hall–Kier alpha value is -3.06. The number of aliphatic imine (C=N–C) groups is 1. The van der Waals surface area contributed by atoms with Crippen LogP contribution < -0.4 is 10.3 Å². The first-order valence-electron chi connectivity index (χ1n) is 7.83. The summed E-state index contributed by atoms with van der Waals surface area (Å²) in [6.45, 7) is 0.709. The van der Waals surface area contributed by atoms with Gasteiger partial charge in [-0.2, -0.15) is 5.10 Å². The van der Waals surface area contributed by atoms with Crippen molar-refractivity contribution in [2.45, 2.75) is 6.54 Å². The van der Waals surface area contributed by atoms with E-state index in [1.165, 1.54) is 11.3 Å². The lowest BCUT2D eigenvalue weighted by molar-refractivity contribution is -0.670. The maximum absolute atomic E-state index is 6.06. The first kappa shape index (κ1) is 15.5. The molecule has 0 saturated carbocycles. The van der Waals surface area contributed by atoms with Crippen LogP contribution in [0.5, 0.6) is 0 Å². The van der Waals surface area contributed by atoms with Gasteiger partial charge in [0.25, 0.3) is 0 Å². The third-order valence-electron chi connectivity index (χ3n) is 3.94. The Bertz CT molecular complexity index is 1030. The highest BCUT2D eigenvalue weighted by Gasteiger charge is 2.07. The number of hydrogen-bond acceptors (Lipinski definition) is 4. The second-order valence-corrected chi connectivity index (χ2v) is 6.63. The molecular weight excluding hydrogens is 332 g/mol. The molecule has 0 aliphatic heterocycles. The summed E-state index contributed by atoms with van der Waals surface area (Å²) >= 11 is 1.46. The summed E-state index contributed by atoms with van der Waals surface area (Å²) in [6.07, 6.45) is 7.70. The van der Waals surface area contributed by atoms with Crippen LogP contribution in [0, 0.1) is 0 Å². The summed E-state index contributed by atoms with van der Waals surface area (Å²) in [5.74, 6) is 0.471. The zero-order valence-electron chi connectivity index (χ0n) is 13.7. The molecule has 0 atom stereocenters. The molecule has 0 amide bonds. The Labute approximate surface area is 148 Å². The molecule has 0 saturated heterocycles. The van der Waals surface area contributed by atoms with Crippen molar-refractivity contribution in [3.8, 4) is 0 Å². The highest BCUT2D eigenvalue weighted by Crippen LogP contribution is 2.17. The van der Waals surface area contributed by atoms with E-state index in [-0.39, 0.29) is 0 Å². The van der Waals surface area contributed by atoms with Gasteiger partial charge in [0.15, 0.2) is 12.4 Å². The number of hydrogen-bond donors (Lipinski definition) is 1. The monoisotopic (exact) mass is 349 g/mol. The molecule has 0 aliphatic rings. The van der Waals surface area contributed by atoms with E-state index in [0.29, 0.717) is 17.5 Å². The maximum Gasteiger partial charge on any atom is 0.210 e. The van der Waals surface area contributed by atoms with Crippen molar-refractivity contribution in [2.24, 2.45) is 17.8 Å². The Balaban J connectivity index is 1.56. The number of benzene rings is 1. The predicted molar refractivity (Wildman–Crippen MR) is 99.0 cm³/mol. The van der Waals surface area contributed by atoms with Crippen molar-refractivity contribution in [2.75, 3.05) is 0 Å². The van der Waals surface area contributed by atoms with Crippen molar-refractivity contribution >= 4 is 33.2 Å². The first-order valence-corrected chi connectivity index (χ1v) is 8.71. The first-order chi connectivity index (χ1) is 12.2. The molecule has 0 radical (unpaired) electrons. The van der Waals surface area contributed by atoms with Crippen LogP contribution in [-0.2, 0) is 13.6 Å². The van der Waals surface area contributed by atoms with Gasteiger partial charge in [-0.3, -0.25) is 4.68 Å². The molecule has 2 N–H and O–H groups in total. The smallest absolute Gasteiger partial charge is 0.210 e. The van der Waals surface area contributed by atoms with Crippen LogP contribution in [0.4, 0.5) is 5.13 Å². The van der Waals surface area contributed by atoms with E-state index in [1.54, 1.807) is 6.20 Å². The molecule has 0 bridgehead atoms. The van der Waals surface area contributed by atoms with E-state index in [2.05, 4.69) is 39.5 Å². The summed E-state index contributed by atoms with van der Waals surface area (Å²) < 4.78 is 4.02. The van der Waals surface area contributed by atoms with Gasteiger partial charge in [0.05, 0.1) is 23.6 Å². The normalized spacial score (nSPS) is 12.0. The van der Waals surface area contributed by atoms with Crippen molar-refractivity contribution in [3.05, 3.63) is 71.6 Å². The molecule has 4 aromatic rings. The van der Waals surface area contributed by atoms with E-state index >= 15 is 0 Å².